The smallest absolute Gasteiger partial charge is 0.273 e. The summed E-state index contributed by atoms with van der Waals surface area (Å²) in [7, 11) is 0. The molecule has 1 atom stereocenters. The summed E-state index contributed by atoms with van der Waals surface area (Å²) < 4.78 is 0. The number of benzene rings is 1. The molecule has 2 aliphatic rings. The van der Waals surface area contributed by atoms with Crippen LogP contribution in [0.4, 0.5) is 17.5 Å². The fourth-order valence-corrected chi connectivity index (χ4v) is 4.70. The Balaban J connectivity index is 1.51. The van der Waals surface area contributed by atoms with Crippen molar-refractivity contribution in [3.8, 4) is 6.07 Å². The maximum atomic E-state index is 11.9. The molecule has 0 unspecified atom stereocenters. The summed E-state index contributed by atoms with van der Waals surface area (Å²) in [5.74, 6) is -0.448. The van der Waals surface area contributed by atoms with Crippen LogP contribution in [0.2, 0.25) is 0 Å². The zero-order chi connectivity index (χ0) is 24.1. The Morgan fingerprint density at radius 3 is 2.59 bits per heavy atom. The second kappa shape index (κ2) is 9.87. The zero-order valence-corrected chi connectivity index (χ0v) is 19.0. The van der Waals surface area contributed by atoms with E-state index in [2.05, 4.69) is 38.5 Å². The number of nitrogens with one attached hydrogen (secondary N) is 2. The molecule has 0 bridgehead atoms. The van der Waals surface area contributed by atoms with E-state index >= 15 is 0 Å². The summed E-state index contributed by atoms with van der Waals surface area (Å²) in [6.07, 6.45) is 6.82. The number of carbonyl (C=O) groups excluding carboxylic acids is 2. The van der Waals surface area contributed by atoms with Crippen molar-refractivity contribution >= 4 is 29.3 Å². The molecule has 10 nitrogen and oxygen atoms in total. The van der Waals surface area contributed by atoms with E-state index in [0.29, 0.717) is 18.8 Å². The van der Waals surface area contributed by atoms with Crippen molar-refractivity contribution in [3.05, 3.63) is 48.2 Å². The highest BCUT2D eigenvalue weighted by atomic mass is 16.2. The van der Waals surface area contributed by atoms with E-state index in [1.807, 2.05) is 24.3 Å². The number of rotatable bonds is 7. The lowest BCUT2D eigenvalue weighted by molar-refractivity contribution is -0.127. The number of amides is 2. The molecule has 0 spiro atoms. The van der Waals surface area contributed by atoms with Crippen LogP contribution in [0.15, 0.2) is 36.9 Å². The maximum Gasteiger partial charge on any atom is 0.273 e. The lowest BCUT2D eigenvalue weighted by atomic mass is 9.80. The highest BCUT2D eigenvalue weighted by Crippen LogP contribution is 2.40. The molecule has 2 amide bonds. The molecular weight excluding hydrogens is 432 g/mol. The number of nitrogens with zero attached hydrogens (tertiary/aromatic N) is 5. The van der Waals surface area contributed by atoms with E-state index in [9.17, 15) is 14.9 Å². The molecule has 2 fully saturated rings. The predicted octanol–water partition coefficient (Wildman–Crippen LogP) is 2.64. The van der Waals surface area contributed by atoms with Crippen molar-refractivity contribution in [3.63, 3.8) is 0 Å². The van der Waals surface area contributed by atoms with E-state index in [4.69, 9.17) is 5.73 Å². The lowest BCUT2D eigenvalue weighted by Gasteiger charge is -2.32. The molecule has 2 heterocycles. The number of nitriles is 1. The van der Waals surface area contributed by atoms with Crippen LogP contribution in [0.25, 0.3) is 0 Å². The second-order valence-corrected chi connectivity index (χ2v) is 8.77. The van der Waals surface area contributed by atoms with Gasteiger partial charge in [0, 0.05) is 24.8 Å². The molecule has 2 aromatic rings. The first-order valence-electron chi connectivity index (χ1n) is 11.5. The Morgan fingerprint density at radius 2 is 1.94 bits per heavy atom. The quantitative estimate of drug-likeness (QED) is 0.534. The van der Waals surface area contributed by atoms with Crippen LogP contribution in [0, 0.1) is 11.3 Å². The first-order valence-corrected chi connectivity index (χ1v) is 11.5. The number of aromatic nitrogens is 3. The van der Waals surface area contributed by atoms with Crippen LogP contribution in [-0.4, -0.2) is 51.0 Å². The lowest BCUT2D eigenvalue weighted by Crippen LogP contribution is -2.44. The molecule has 10 heteroatoms. The van der Waals surface area contributed by atoms with Crippen molar-refractivity contribution in [1.82, 2.24) is 20.1 Å². The number of hydrogen-bond acceptors (Lipinski definition) is 8. The van der Waals surface area contributed by atoms with Crippen LogP contribution in [0.3, 0.4) is 0 Å². The molecule has 176 valence electrons. The predicted molar refractivity (Wildman–Crippen MR) is 127 cm³/mol. The number of nitrogens with two attached hydrogens (primary N) is 1. The Bertz CT molecular complexity index is 1120. The number of anilines is 3. The van der Waals surface area contributed by atoms with Gasteiger partial charge in [-0.15, -0.1) is 10.2 Å². The zero-order valence-electron chi connectivity index (χ0n) is 19.0. The standard InChI is InChI=1S/C24H28N8O2/c1-2-19(33)32-13-5-6-18(14-32)28-23-29-22(20(21(26)34)30-31-23)27-17-9-7-16(8-10-17)24(15-25)11-3-4-12-24/h2,7-10,18H,1,3-6,11-14H2,(H2,26,34)(H2,27,28,29,31)/t18-/m1/s1. The molecule has 1 aromatic heterocycles. The number of piperidine rings is 1. The molecule has 1 saturated heterocycles. The van der Waals surface area contributed by atoms with Crippen LogP contribution in [-0.2, 0) is 10.2 Å². The van der Waals surface area contributed by atoms with Crippen molar-refractivity contribution in [2.75, 3.05) is 23.7 Å². The first-order chi connectivity index (χ1) is 16.4. The summed E-state index contributed by atoms with van der Waals surface area (Å²) in [4.78, 5) is 30.0. The number of carbonyl (C=O) groups is 2. The van der Waals surface area contributed by atoms with Gasteiger partial charge in [0.25, 0.3) is 5.91 Å². The van der Waals surface area contributed by atoms with Gasteiger partial charge in [-0.3, -0.25) is 9.59 Å². The van der Waals surface area contributed by atoms with Crippen molar-refractivity contribution in [2.45, 2.75) is 50.0 Å². The number of primary amides is 1. The fraction of sp³-hybridized carbons (Fsp3) is 0.417. The molecule has 4 rings (SSSR count). The van der Waals surface area contributed by atoms with Gasteiger partial charge in [-0.05, 0) is 49.5 Å². The molecule has 1 saturated carbocycles. The van der Waals surface area contributed by atoms with E-state index in [1.54, 1.807) is 4.90 Å². The summed E-state index contributed by atoms with van der Waals surface area (Å²) in [5.41, 5.74) is 6.65. The van der Waals surface area contributed by atoms with E-state index < -0.39 is 11.3 Å². The van der Waals surface area contributed by atoms with Crippen molar-refractivity contribution < 1.29 is 9.59 Å². The van der Waals surface area contributed by atoms with Crippen LogP contribution >= 0.6 is 0 Å². The minimum absolute atomic E-state index is 0.0559. The Morgan fingerprint density at radius 1 is 1.21 bits per heavy atom. The van der Waals surface area contributed by atoms with Gasteiger partial charge in [-0.2, -0.15) is 10.2 Å². The SMILES string of the molecule is C=CC(=O)N1CCC[C@@H](Nc2nnc(C(N)=O)c(Nc3ccc(C4(C#N)CCCC4)cc3)n2)C1. The molecular formula is C24H28N8O2. The minimum atomic E-state index is -0.750. The van der Waals surface area contributed by atoms with Crippen LogP contribution < -0.4 is 16.4 Å². The van der Waals surface area contributed by atoms with Crippen molar-refractivity contribution in [1.29, 1.82) is 5.26 Å². The normalized spacial score (nSPS) is 19.1. The number of likely N-dealkylation sites (tertiary alicyclic amines) is 1. The monoisotopic (exact) mass is 460 g/mol. The second-order valence-electron chi connectivity index (χ2n) is 8.77. The molecule has 4 N–H and O–H groups in total. The Labute approximate surface area is 198 Å². The van der Waals surface area contributed by atoms with Crippen molar-refractivity contribution in [2.24, 2.45) is 5.73 Å². The number of hydrogen-bond donors (Lipinski definition) is 3. The minimum Gasteiger partial charge on any atom is -0.364 e. The van der Waals surface area contributed by atoms with Crippen LogP contribution in [0.1, 0.15) is 54.6 Å². The Kier molecular flexibility index (Phi) is 6.72. The van der Waals surface area contributed by atoms with Gasteiger partial charge in [0.05, 0.1) is 11.5 Å². The molecule has 1 aliphatic heterocycles. The van der Waals surface area contributed by atoms with Gasteiger partial charge in [-0.25, -0.2) is 0 Å². The average molecular weight is 461 g/mol. The van der Waals surface area contributed by atoms with E-state index in [-0.39, 0.29) is 29.4 Å². The molecule has 1 aliphatic carbocycles. The third-order valence-corrected chi connectivity index (χ3v) is 6.53. The fourth-order valence-electron chi connectivity index (χ4n) is 4.70. The highest BCUT2D eigenvalue weighted by molar-refractivity contribution is 5.96. The maximum absolute atomic E-state index is 11.9. The first kappa shape index (κ1) is 23.2. The third kappa shape index (κ3) is 4.83. The van der Waals surface area contributed by atoms with Gasteiger partial charge < -0.3 is 21.3 Å². The molecule has 1 aromatic carbocycles. The summed E-state index contributed by atoms with van der Waals surface area (Å²) in [6.45, 7) is 4.72. The molecule has 0 radical (unpaired) electrons. The van der Waals surface area contributed by atoms with Crippen LogP contribution in [0.5, 0.6) is 0 Å². The van der Waals surface area contributed by atoms with Gasteiger partial charge in [0.15, 0.2) is 11.5 Å². The third-order valence-electron chi connectivity index (χ3n) is 6.53. The molecule has 34 heavy (non-hydrogen) atoms. The van der Waals surface area contributed by atoms with Gasteiger partial charge in [0.1, 0.15) is 0 Å². The topological polar surface area (TPSA) is 150 Å². The van der Waals surface area contributed by atoms with E-state index in [0.717, 1.165) is 44.1 Å². The summed E-state index contributed by atoms with van der Waals surface area (Å²) in [6, 6.07) is 10.0. The summed E-state index contributed by atoms with van der Waals surface area (Å²) in [5, 5.41) is 24.0. The largest absolute Gasteiger partial charge is 0.364 e. The highest BCUT2D eigenvalue weighted by Gasteiger charge is 2.35. The summed E-state index contributed by atoms with van der Waals surface area (Å²) >= 11 is 0. The van der Waals surface area contributed by atoms with Gasteiger partial charge >= 0.3 is 0 Å². The van der Waals surface area contributed by atoms with E-state index in [1.165, 1.54) is 6.08 Å². The average Bonchev–Trinajstić information content (AvgIpc) is 3.34. The Hall–Kier alpha value is -4.00. The van der Waals surface area contributed by atoms with Gasteiger partial charge in [0.2, 0.25) is 11.9 Å². The van der Waals surface area contributed by atoms with Gasteiger partial charge in [-0.1, -0.05) is 31.6 Å².